The minimum absolute atomic E-state index is 0.0121. The first-order valence-corrected chi connectivity index (χ1v) is 9.61. The monoisotopic (exact) mass is 440 g/mol. The topological polar surface area (TPSA) is 60.2 Å². The lowest BCUT2D eigenvalue weighted by Gasteiger charge is -2.19. The molecule has 6 nitrogen and oxygen atoms in total. The van der Waals surface area contributed by atoms with Crippen molar-refractivity contribution >= 4 is 28.6 Å². The molecule has 0 aliphatic heterocycles. The number of methoxy groups -OCH3 is 1. The number of hydrogen-bond donors (Lipinski definition) is 0. The van der Waals surface area contributed by atoms with Gasteiger partial charge in [-0.1, -0.05) is 12.1 Å². The third kappa shape index (κ3) is 3.77. The highest BCUT2D eigenvalue weighted by atomic mass is 19.4. The van der Waals surface area contributed by atoms with Crippen molar-refractivity contribution in [1.82, 2.24) is 14.5 Å². The van der Waals surface area contributed by atoms with E-state index < -0.39 is 17.7 Å². The number of rotatable bonds is 4. The van der Waals surface area contributed by atoms with E-state index in [4.69, 9.17) is 4.74 Å². The fraction of sp³-hybridized carbons (Fsp3) is 0.174. The van der Waals surface area contributed by atoms with Gasteiger partial charge in [0.05, 0.1) is 29.3 Å². The smallest absolute Gasteiger partial charge is 0.417 e. The van der Waals surface area contributed by atoms with Crippen molar-refractivity contribution in [3.05, 3.63) is 72.1 Å². The number of ether oxygens (including phenoxy) is 1. The number of carbonyl (C=O) groups is 1. The molecule has 0 unspecified atom stereocenters. The van der Waals surface area contributed by atoms with Gasteiger partial charge in [-0.05, 0) is 42.0 Å². The van der Waals surface area contributed by atoms with Crippen LogP contribution in [0.25, 0.3) is 22.2 Å². The van der Waals surface area contributed by atoms with Crippen LogP contribution in [0.4, 0.5) is 24.8 Å². The number of benzene rings is 2. The zero-order valence-corrected chi connectivity index (χ0v) is 17.5. The zero-order chi connectivity index (χ0) is 23.0. The third-order valence-corrected chi connectivity index (χ3v) is 5.23. The van der Waals surface area contributed by atoms with Crippen LogP contribution < -0.4 is 4.90 Å². The van der Waals surface area contributed by atoms with E-state index >= 15 is 0 Å². The van der Waals surface area contributed by atoms with Crippen molar-refractivity contribution in [3.8, 4) is 11.1 Å². The predicted molar refractivity (Wildman–Crippen MR) is 115 cm³/mol. The van der Waals surface area contributed by atoms with E-state index in [0.717, 1.165) is 6.07 Å². The Morgan fingerprint density at radius 2 is 1.91 bits per heavy atom. The molecule has 0 saturated carbocycles. The number of aromatic nitrogens is 3. The van der Waals surface area contributed by atoms with Crippen molar-refractivity contribution in [2.24, 2.45) is 7.05 Å². The Bertz CT molecular complexity index is 1300. The van der Waals surface area contributed by atoms with E-state index in [9.17, 15) is 18.0 Å². The van der Waals surface area contributed by atoms with Crippen LogP contribution in [-0.4, -0.2) is 34.7 Å². The molecule has 0 fully saturated rings. The van der Waals surface area contributed by atoms with E-state index in [1.807, 2.05) is 0 Å². The molecule has 2 heterocycles. The molecule has 0 amide bonds. The summed E-state index contributed by atoms with van der Waals surface area (Å²) in [6.07, 6.45) is -1.65. The van der Waals surface area contributed by atoms with E-state index in [0.29, 0.717) is 33.8 Å². The highest BCUT2D eigenvalue weighted by molar-refractivity contribution is 5.91. The molecule has 4 rings (SSSR count). The normalized spacial score (nSPS) is 11.6. The number of pyridine rings is 1. The number of halogens is 3. The Morgan fingerprint density at radius 3 is 2.56 bits per heavy atom. The van der Waals surface area contributed by atoms with Crippen molar-refractivity contribution < 1.29 is 22.7 Å². The minimum Gasteiger partial charge on any atom is -0.465 e. The van der Waals surface area contributed by atoms with Crippen molar-refractivity contribution in [1.29, 1.82) is 0 Å². The summed E-state index contributed by atoms with van der Waals surface area (Å²) in [6, 6.07) is 12.4. The van der Waals surface area contributed by atoms with E-state index in [1.54, 1.807) is 60.0 Å². The Balaban J connectivity index is 1.86. The molecule has 0 radical (unpaired) electrons. The summed E-state index contributed by atoms with van der Waals surface area (Å²) in [4.78, 5) is 22.1. The van der Waals surface area contributed by atoms with Gasteiger partial charge in [-0.25, -0.2) is 9.78 Å². The standard InChI is InChI=1S/C23H19F3N4O2/c1-29(16-8-4-6-14(10-16)21(31)32-3)22-28-19-11-17(15-7-5-9-27-13-15)18(23(24,25)26)12-20(19)30(22)2/h4-13H,1-3H3. The van der Waals surface area contributed by atoms with Gasteiger partial charge in [0.15, 0.2) is 0 Å². The Hall–Kier alpha value is -3.88. The Labute approximate surface area is 181 Å². The number of anilines is 2. The SMILES string of the molecule is COC(=O)c1cccc(N(C)c2nc3cc(-c4cccnc4)c(C(F)(F)F)cc3n2C)c1. The van der Waals surface area contributed by atoms with Crippen molar-refractivity contribution in [2.45, 2.75) is 6.18 Å². The molecular weight excluding hydrogens is 421 g/mol. The van der Waals surface area contributed by atoms with Gasteiger partial charge >= 0.3 is 12.1 Å². The van der Waals surface area contributed by atoms with Crippen LogP contribution in [0.1, 0.15) is 15.9 Å². The van der Waals surface area contributed by atoms with Crippen LogP contribution in [0.2, 0.25) is 0 Å². The molecule has 2 aromatic heterocycles. The summed E-state index contributed by atoms with van der Waals surface area (Å²) in [7, 11) is 4.67. The van der Waals surface area contributed by atoms with Crippen LogP contribution in [0.3, 0.4) is 0 Å². The molecule has 0 atom stereocenters. The van der Waals surface area contributed by atoms with Gasteiger partial charge in [-0.15, -0.1) is 0 Å². The summed E-state index contributed by atoms with van der Waals surface area (Å²) in [5, 5.41) is 0. The summed E-state index contributed by atoms with van der Waals surface area (Å²) in [6.45, 7) is 0. The molecule has 0 bridgehead atoms. The number of esters is 1. The highest BCUT2D eigenvalue weighted by Gasteiger charge is 2.35. The largest absolute Gasteiger partial charge is 0.465 e. The first kappa shape index (κ1) is 21.4. The van der Waals surface area contributed by atoms with E-state index in [2.05, 4.69) is 9.97 Å². The number of nitrogens with zero attached hydrogens (tertiary/aromatic N) is 4. The molecule has 0 aliphatic rings. The Kier molecular flexibility index (Phi) is 5.33. The maximum Gasteiger partial charge on any atom is 0.417 e. The summed E-state index contributed by atoms with van der Waals surface area (Å²) >= 11 is 0. The highest BCUT2D eigenvalue weighted by Crippen LogP contribution is 2.40. The summed E-state index contributed by atoms with van der Waals surface area (Å²) in [5.41, 5.74) is 1.33. The van der Waals surface area contributed by atoms with Crippen LogP contribution in [0, 0.1) is 0 Å². The first-order valence-electron chi connectivity index (χ1n) is 9.61. The Morgan fingerprint density at radius 1 is 1.12 bits per heavy atom. The fourth-order valence-electron chi connectivity index (χ4n) is 3.60. The van der Waals surface area contributed by atoms with Crippen molar-refractivity contribution in [3.63, 3.8) is 0 Å². The maximum atomic E-state index is 13.9. The van der Waals surface area contributed by atoms with Crippen LogP contribution in [0.15, 0.2) is 60.9 Å². The zero-order valence-electron chi connectivity index (χ0n) is 17.5. The number of carbonyl (C=O) groups excluding carboxylic acids is 1. The minimum atomic E-state index is -4.55. The second-order valence-corrected chi connectivity index (χ2v) is 7.20. The first-order chi connectivity index (χ1) is 15.2. The number of aryl methyl sites for hydroxylation is 1. The molecule has 0 aliphatic carbocycles. The average molecular weight is 440 g/mol. The molecular formula is C23H19F3N4O2. The van der Waals surface area contributed by atoms with Gasteiger partial charge in [0.1, 0.15) is 0 Å². The second kappa shape index (κ2) is 7.99. The predicted octanol–water partition coefficient (Wildman–Crippen LogP) is 5.21. The van der Waals surface area contributed by atoms with E-state index in [-0.39, 0.29) is 5.56 Å². The lowest BCUT2D eigenvalue weighted by atomic mass is 10.00. The molecule has 9 heteroatoms. The van der Waals surface area contributed by atoms with Gasteiger partial charge in [0.25, 0.3) is 0 Å². The number of alkyl halides is 3. The lowest BCUT2D eigenvalue weighted by molar-refractivity contribution is -0.137. The lowest BCUT2D eigenvalue weighted by Crippen LogP contribution is -2.15. The summed E-state index contributed by atoms with van der Waals surface area (Å²) < 4.78 is 48.0. The molecule has 0 saturated heterocycles. The average Bonchev–Trinajstić information content (AvgIpc) is 3.13. The molecule has 32 heavy (non-hydrogen) atoms. The molecule has 0 spiro atoms. The van der Waals surface area contributed by atoms with Crippen molar-refractivity contribution in [2.75, 3.05) is 19.1 Å². The fourth-order valence-corrected chi connectivity index (χ4v) is 3.60. The molecule has 164 valence electrons. The van der Waals surface area contributed by atoms with Gasteiger partial charge in [0, 0.05) is 37.7 Å². The number of fused-ring (bicyclic) bond motifs is 1. The second-order valence-electron chi connectivity index (χ2n) is 7.20. The van der Waals surface area contributed by atoms with E-state index in [1.165, 1.54) is 25.6 Å². The molecule has 0 N–H and O–H groups in total. The molecule has 2 aromatic carbocycles. The summed E-state index contributed by atoms with van der Waals surface area (Å²) in [5.74, 6) is -0.0698. The maximum absolute atomic E-state index is 13.9. The molecule has 4 aromatic rings. The van der Waals surface area contributed by atoms with Crippen LogP contribution >= 0.6 is 0 Å². The van der Waals surface area contributed by atoms with Crippen LogP contribution in [0.5, 0.6) is 0 Å². The van der Waals surface area contributed by atoms with Gasteiger partial charge in [-0.3, -0.25) is 4.98 Å². The number of hydrogen-bond acceptors (Lipinski definition) is 5. The number of imidazole rings is 1. The van der Waals surface area contributed by atoms with Gasteiger partial charge in [0.2, 0.25) is 5.95 Å². The van der Waals surface area contributed by atoms with Gasteiger partial charge in [-0.2, -0.15) is 13.2 Å². The quantitative estimate of drug-likeness (QED) is 0.408. The third-order valence-electron chi connectivity index (χ3n) is 5.23. The van der Waals surface area contributed by atoms with Crippen LogP contribution in [-0.2, 0) is 18.0 Å². The van der Waals surface area contributed by atoms with Gasteiger partial charge < -0.3 is 14.2 Å².